The van der Waals surface area contributed by atoms with Crippen molar-refractivity contribution in [2.24, 2.45) is 10.4 Å². The van der Waals surface area contributed by atoms with E-state index in [1.165, 1.54) is 5.57 Å². The summed E-state index contributed by atoms with van der Waals surface area (Å²) in [5, 5.41) is 15.3. The topological polar surface area (TPSA) is 86.1 Å². The predicted molar refractivity (Wildman–Crippen MR) is 87.3 cm³/mol. The van der Waals surface area contributed by atoms with Crippen LogP contribution < -0.4 is 10.9 Å². The Kier molecular flexibility index (Phi) is 6.82. The molecule has 1 atom stereocenters. The highest BCUT2D eigenvalue weighted by atomic mass is 16.4. The molecule has 0 bridgehead atoms. The Bertz CT molecular complexity index is 563. The summed E-state index contributed by atoms with van der Waals surface area (Å²) in [5.74, 6) is -0.833. The van der Waals surface area contributed by atoms with Gasteiger partial charge in [0.1, 0.15) is 0 Å². The largest absolute Gasteiger partial charge is 0.481 e. The fraction of sp³-hybridized carbons (Fsp3) is 0.312. The van der Waals surface area contributed by atoms with Crippen molar-refractivity contribution in [1.29, 1.82) is 0 Å². The highest BCUT2D eigenvalue weighted by Gasteiger charge is 2.20. The molecule has 22 heavy (non-hydrogen) atoms. The molecular weight excluding hydrogens is 280 g/mol. The van der Waals surface area contributed by atoms with Gasteiger partial charge in [-0.1, -0.05) is 52.4 Å². The van der Waals surface area contributed by atoms with E-state index in [1.54, 1.807) is 0 Å². The molecule has 0 saturated heterocycles. The van der Waals surface area contributed by atoms with Gasteiger partial charge in [0.25, 0.3) is 5.97 Å². The van der Waals surface area contributed by atoms with Crippen LogP contribution in [0.3, 0.4) is 0 Å². The summed E-state index contributed by atoms with van der Waals surface area (Å²) >= 11 is 0. The number of anilines is 1. The molecule has 1 aliphatic carbocycles. The molecule has 118 valence electrons. The van der Waals surface area contributed by atoms with Crippen molar-refractivity contribution < 1.29 is 9.90 Å². The molecule has 0 spiro atoms. The van der Waals surface area contributed by atoms with Crippen LogP contribution in [0.2, 0.25) is 0 Å². The Labute approximate surface area is 130 Å². The van der Waals surface area contributed by atoms with Crippen LogP contribution in [-0.2, 0) is 4.79 Å². The van der Waals surface area contributed by atoms with Gasteiger partial charge in [0.15, 0.2) is 0 Å². The maximum atomic E-state index is 9.00. The minimum atomic E-state index is -0.833. The number of allylic oxidation sites excluding steroid dienone is 2. The van der Waals surface area contributed by atoms with Crippen LogP contribution >= 0.6 is 0 Å². The number of carboxylic acids is 1. The zero-order valence-corrected chi connectivity index (χ0v) is 13.1. The molecular formula is C16H22N4O2. The molecule has 0 heterocycles. The molecule has 1 aromatic rings. The van der Waals surface area contributed by atoms with Gasteiger partial charge in [-0.25, -0.2) is 0 Å². The van der Waals surface area contributed by atoms with Gasteiger partial charge >= 0.3 is 0 Å². The first-order valence-corrected chi connectivity index (χ1v) is 6.95. The van der Waals surface area contributed by atoms with E-state index >= 15 is 0 Å². The molecule has 0 aromatic heterocycles. The van der Waals surface area contributed by atoms with Crippen LogP contribution in [0.15, 0.2) is 64.6 Å². The number of carbonyl (C=O) groups is 1. The SMILES string of the molecule is CC(=O)O.CC1=CCC(C)(NN=NNc2ccccc2)C=C1. The number of aliphatic carboxylic acids is 1. The Balaban J connectivity index is 0.000000541. The first kappa shape index (κ1) is 17.4. The zero-order chi connectivity index (χ0) is 16.4. The Morgan fingerprint density at radius 3 is 2.45 bits per heavy atom. The number of hydrogen-bond acceptors (Lipinski definition) is 3. The van der Waals surface area contributed by atoms with Crippen molar-refractivity contribution in [2.45, 2.75) is 32.7 Å². The number of hydrogen-bond donors (Lipinski definition) is 3. The van der Waals surface area contributed by atoms with Crippen LogP contribution in [0.1, 0.15) is 27.2 Å². The summed E-state index contributed by atoms with van der Waals surface area (Å²) in [7, 11) is 0. The van der Waals surface area contributed by atoms with E-state index in [4.69, 9.17) is 9.90 Å². The molecule has 3 N–H and O–H groups in total. The fourth-order valence-electron chi connectivity index (χ4n) is 1.64. The van der Waals surface area contributed by atoms with Gasteiger partial charge in [0, 0.05) is 6.92 Å². The summed E-state index contributed by atoms with van der Waals surface area (Å²) in [6, 6.07) is 9.73. The second kappa shape index (κ2) is 8.61. The van der Waals surface area contributed by atoms with Crippen LogP contribution in [-0.4, -0.2) is 16.6 Å². The molecule has 2 rings (SSSR count). The maximum absolute atomic E-state index is 9.00. The third-order valence-corrected chi connectivity index (χ3v) is 2.87. The number of nitrogens with one attached hydrogen (secondary N) is 2. The first-order valence-electron chi connectivity index (χ1n) is 6.95. The van der Waals surface area contributed by atoms with Gasteiger partial charge in [0.05, 0.1) is 11.2 Å². The van der Waals surface area contributed by atoms with Crippen LogP contribution in [0.25, 0.3) is 0 Å². The van der Waals surface area contributed by atoms with Crippen molar-refractivity contribution in [3.8, 4) is 0 Å². The standard InChI is InChI=1S/C14H18N4.C2H4O2/c1-12-8-10-14(2,11-9-12)16-18-17-15-13-6-4-3-5-7-13;1-2(3)4/h3-10H,11H2,1-2H3,(H,15,18)(H,16,17);1H3,(H,3,4). The summed E-state index contributed by atoms with van der Waals surface area (Å²) in [6.07, 6.45) is 7.31. The number of para-hydroxylation sites is 1. The van der Waals surface area contributed by atoms with E-state index in [9.17, 15) is 0 Å². The summed E-state index contributed by atoms with van der Waals surface area (Å²) < 4.78 is 0. The fourth-order valence-corrected chi connectivity index (χ4v) is 1.64. The average molecular weight is 302 g/mol. The molecule has 1 aliphatic rings. The highest BCUT2D eigenvalue weighted by molar-refractivity contribution is 5.62. The number of carboxylic acid groups (broad SMARTS) is 1. The molecule has 0 fully saturated rings. The van der Waals surface area contributed by atoms with Gasteiger partial charge in [-0.15, -0.1) is 0 Å². The second-order valence-corrected chi connectivity index (χ2v) is 5.21. The smallest absolute Gasteiger partial charge is 0.300 e. The van der Waals surface area contributed by atoms with E-state index in [-0.39, 0.29) is 5.54 Å². The van der Waals surface area contributed by atoms with E-state index in [0.717, 1.165) is 19.0 Å². The quantitative estimate of drug-likeness (QED) is 0.584. The Hall–Kier alpha value is -2.63. The maximum Gasteiger partial charge on any atom is 0.300 e. The zero-order valence-electron chi connectivity index (χ0n) is 13.1. The van der Waals surface area contributed by atoms with E-state index in [2.05, 4.69) is 53.4 Å². The second-order valence-electron chi connectivity index (χ2n) is 5.21. The summed E-state index contributed by atoms with van der Waals surface area (Å²) in [5.41, 5.74) is 7.97. The van der Waals surface area contributed by atoms with E-state index < -0.39 is 5.97 Å². The normalized spacial score (nSPS) is 19.9. The third-order valence-electron chi connectivity index (χ3n) is 2.87. The molecule has 0 aliphatic heterocycles. The van der Waals surface area contributed by atoms with Gasteiger partial charge in [0.2, 0.25) is 0 Å². The monoisotopic (exact) mass is 302 g/mol. The van der Waals surface area contributed by atoms with Gasteiger partial charge in [-0.3, -0.25) is 15.6 Å². The van der Waals surface area contributed by atoms with Gasteiger partial charge < -0.3 is 5.11 Å². The number of rotatable bonds is 4. The van der Waals surface area contributed by atoms with E-state index in [1.807, 2.05) is 30.3 Å². The summed E-state index contributed by atoms with van der Waals surface area (Å²) in [6.45, 7) is 5.27. The van der Waals surface area contributed by atoms with Crippen LogP contribution in [0.4, 0.5) is 5.69 Å². The van der Waals surface area contributed by atoms with Crippen LogP contribution in [0.5, 0.6) is 0 Å². The van der Waals surface area contributed by atoms with Crippen molar-refractivity contribution in [3.63, 3.8) is 0 Å². The first-order chi connectivity index (χ1) is 10.4. The van der Waals surface area contributed by atoms with Crippen molar-refractivity contribution in [1.82, 2.24) is 5.43 Å². The molecule has 0 saturated carbocycles. The lowest BCUT2D eigenvalue weighted by Gasteiger charge is -2.26. The van der Waals surface area contributed by atoms with E-state index in [0.29, 0.717) is 0 Å². The lowest BCUT2D eigenvalue weighted by atomic mass is 9.92. The van der Waals surface area contributed by atoms with Gasteiger partial charge in [-0.05, 0) is 32.4 Å². The van der Waals surface area contributed by atoms with Gasteiger partial charge in [-0.2, -0.15) is 0 Å². The molecule has 0 radical (unpaired) electrons. The molecule has 1 unspecified atom stereocenters. The lowest BCUT2D eigenvalue weighted by molar-refractivity contribution is -0.134. The molecule has 0 amide bonds. The van der Waals surface area contributed by atoms with Crippen molar-refractivity contribution in [3.05, 3.63) is 54.1 Å². The summed E-state index contributed by atoms with van der Waals surface area (Å²) in [4.78, 5) is 9.00. The molecule has 1 aromatic carbocycles. The van der Waals surface area contributed by atoms with Crippen LogP contribution in [0, 0.1) is 0 Å². The van der Waals surface area contributed by atoms with Crippen molar-refractivity contribution in [2.75, 3.05) is 5.43 Å². The number of nitrogens with zero attached hydrogens (tertiary/aromatic N) is 2. The highest BCUT2D eigenvalue weighted by Crippen LogP contribution is 2.20. The number of benzene rings is 1. The average Bonchev–Trinajstić information content (AvgIpc) is 2.48. The Morgan fingerprint density at radius 2 is 1.91 bits per heavy atom. The Morgan fingerprint density at radius 1 is 1.27 bits per heavy atom. The molecule has 6 nitrogen and oxygen atoms in total. The minimum Gasteiger partial charge on any atom is -0.481 e. The molecule has 6 heteroatoms. The third kappa shape index (κ3) is 7.23. The predicted octanol–water partition coefficient (Wildman–Crippen LogP) is 3.73. The van der Waals surface area contributed by atoms with Crippen molar-refractivity contribution >= 4 is 11.7 Å². The lowest BCUT2D eigenvalue weighted by Crippen LogP contribution is -2.37. The minimum absolute atomic E-state index is 0.151.